The molecule has 33 heavy (non-hydrogen) atoms. The van der Waals surface area contributed by atoms with Gasteiger partial charge in [0.25, 0.3) is 0 Å². The first-order valence-corrected chi connectivity index (χ1v) is 11.2. The van der Waals surface area contributed by atoms with E-state index in [0.29, 0.717) is 6.42 Å². The summed E-state index contributed by atoms with van der Waals surface area (Å²) < 4.78 is 0. The third-order valence-electron chi connectivity index (χ3n) is 5.54. The van der Waals surface area contributed by atoms with E-state index in [1.54, 1.807) is 0 Å². The molecule has 0 saturated heterocycles. The molecule has 0 aliphatic rings. The maximum absolute atomic E-state index is 9.76. The topological polar surface area (TPSA) is 53.4 Å². The number of nitrogens with zero attached hydrogens (tertiary/aromatic N) is 1. The van der Waals surface area contributed by atoms with Crippen LogP contribution in [0.4, 0.5) is 0 Å². The molecule has 0 aliphatic carbocycles. The van der Waals surface area contributed by atoms with Crippen LogP contribution < -0.4 is 0 Å². The van der Waals surface area contributed by atoms with Gasteiger partial charge in [0.05, 0.1) is 12.2 Å². The van der Waals surface area contributed by atoms with Crippen LogP contribution in [0.15, 0.2) is 66.9 Å². The van der Waals surface area contributed by atoms with Gasteiger partial charge in [-0.15, -0.1) is 35.4 Å². The summed E-state index contributed by atoms with van der Waals surface area (Å²) in [5, 5.41) is 19.5. The summed E-state index contributed by atoms with van der Waals surface area (Å²) in [5.74, 6) is 0. The maximum Gasteiger partial charge on any atom is 0.0613 e. The van der Waals surface area contributed by atoms with Crippen molar-refractivity contribution in [2.45, 2.75) is 67.1 Å². The molecule has 4 heteroatoms. The summed E-state index contributed by atoms with van der Waals surface area (Å²) in [7, 11) is 0. The zero-order chi connectivity index (χ0) is 23.9. The predicted molar refractivity (Wildman–Crippen MR) is 134 cm³/mol. The average Bonchev–Trinajstić information content (AvgIpc) is 2.74. The van der Waals surface area contributed by atoms with Gasteiger partial charge < -0.3 is 15.2 Å². The molecule has 2 atom stereocenters. The number of aryl methyl sites for hydroxylation is 1. The fraction of sp³-hybridized carbons (Fsp3) is 0.414. The number of aliphatic hydroxyl groups excluding tert-OH is 2. The molecule has 2 aromatic carbocycles. The molecule has 0 spiro atoms. The van der Waals surface area contributed by atoms with Gasteiger partial charge in [-0.3, -0.25) is 0 Å². The van der Waals surface area contributed by atoms with Crippen LogP contribution >= 0.6 is 0 Å². The second-order valence-corrected chi connectivity index (χ2v) is 10.6. The van der Waals surface area contributed by atoms with E-state index in [-0.39, 0.29) is 30.9 Å². The van der Waals surface area contributed by atoms with Crippen molar-refractivity contribution in [1.82, 2.24) is 4.98 Å². The number of hydrogen-bond donors (Lipinski definition) is 2. The van der Waals surface area contributed by atoms with Crippen molar-refractivity contribution >= 4 is 0 Å². The Kier molecular flexibility index (Phi) is 11.1. The van der Waals surface area contributed by atoms with Crippen LogP contribution in [-0.2, 0) is 20.1 Å². The van der Waals surface area contributed by atoms with E-state index in [4.69, 9.17) is 0 Å². The third-order valence-corrected chi connectivity index (χ3v) is 5.54. The first-order valence-electron chi connectivity index (χ1n) is 11.2. The number of pyridine rings is 1. The van der Waals surface area contributed by atoms with Gasteiger partial charge in [0, 0.05) is 32.7 Å². The Morgan fingerprint density at radius 3 is 1.88 bits per heavy atom. The molecule has 181 valence electrons. The first-order chi connectivity index (χ1) is 14.9. The molecule has 1 heterocycles. The summed E-state index contributed by atoms with van der Waals surface area (Å²) in [4.78, 5) is 4.45. The van der Waals surface area contributed by atoms with E-state index < -0.39 is 12.2 Å². The van der Waals surface area contributed by atoms with Crippen LogP contribution in [0.5, 0.6) is 0 Å². The van der Waals surface area contributed by atoms with Gasteiger partial charge in [-0.25, -0.2) is 0 Å². The Bertz CT molecular complexity index is 939. The molecular weight excluding hydrogens is 587 g/mol. The Hall–Kier alpha value is -1.84. The smallest absolute Gasteiger partial charge is 0.0613 e. The van der Waals surface area contributed by atoms with E-state index >= 15 is 0 Å². The van der Waals surface area contributed by atoms with E-state index in [1.165, 1.54) is 16.7 Å². The van der Waals surface area contributed by atoms with Crippen LogP contribution in [0.25, 0.3) is 22.4 Å². The van der Waals surface area contributed by atoms with Gasteiger partial charge in [-0.05, 0) is 34.6 Å². The van der Waals surface area contributed by atoms with Crippen LogP contribution in [0.1, 0.15) is 53.5 Å². The van der Waals surface area contributed by atoms with Gasteiger partial charge in [0.1, 0.15) is 0 Å². The second kappa shape index (κ2) is 12.6. The predicted octanol–water partition coefficient (Wildman–Crippen LogP) is 6.71. The Labute approximate surface area is 213 Å². The molecule has 3 nitrogen and oxygen atoms in total. The molecule has 1 radical (unpaired) electrons. The molecule has 2 N–H and O–H groups in total. The van der Waals surface area contributed by atoms with Gasteiger partial charge in [-0.1, -0.05) is 84.0 Å². The zero-order valence-corrected chi connectivity index (χ0v) is 23.3. The summed E-state index contributed by atoms with van der Waals surface area (Å²) in [5.41, 5.74) is 5.27. The van der Waals surface area contributed by atoms with Crippen LogP contribution in [0, 0.1) is 23.8 Å². The summed E-state index contributed by atoms with van der Waals surface area (Å²) in [6, 6.07) is 23.9. The molecule has 0 amide bonds. The monoisotopic (exact) mass is 625 g/mol. The summed E-state index contributed by atoms with van der Waals surface area (Å²) >= 11 is 0. The number of aromatic nitrogens is 1. The third kappa shape index (κ3) is 9.51. The van der Waals surface area contributed by atoms with Crippen molar-refractivity contribution in [3.8, 4) is 22.4 Å². The fourth-order valence-corrected chi connectivity index (χ4v) is 2.97. The Morgan fingerprint density at radius 1 is 0.818 bits per heavy atom. The van der Waals surface area contributed by atoms with Crippen LogP contribution in [0.3, 0.4) is 0 Å². The number of benzene rings is 2. The Morgan fingerprint density at radius 2 is 1.39 bits per heavy atom. The van der Waals surface area contributed by atoms with Gasteiger partial charge in [0.2, 0.25) is 0 Å². The molecule has 0 fully saturated rings. The minimum absolute atomic E-state index is 0. The minimum atomic E-state index is -0.443. The summed E-state index contributed by atoms with van der Waals surface area (Å²) in [6.45, 7) is 13.9. The van der Waals surface area contributed by atoms with E-state index in [0.717, 1.165) is 11.3 Å². The number of hydrogen-bond acceptors (Lipinski definition) is 3. The minimum Gasteiger partial charge on any atom is -0.392 e. The molecule has 3 rings (SSSR count). The maximum atomic E-state index is 9.76. The van der Waals surface area contributed by atoms with Crippen molar-refractivity contribution in [2.75, 3.05) is 0 Å². The van der Waals surface area contributed by atoms with Crippen molar-refractivity contribution in [1.29, 1.82) is 0 Å². The zero-order valence-electron chi connectivity index (χ0n) is 20.9. The molecule has 0 aliphatic heterocycles. The largest absolute Gasteiger partial charge is 0.392 e. The van der Waals surface area contributed by atoms with Crippen molar-refractivity contribution in [3.63, 3.8) is 0 Å². The van der Waals surface area contributed by atoms with Gasteiger partial charge in [0.15, 0.2) is 0 Å². The second-order valence-electron chi connectivity index (χ2n) is 10.6. The standard InChI is InChI=1S/C18H14N.C11H24O2.Ir/c1-14-10-11-18(19-13-14)17-9-5-8-16(12-17)15-6-3-2-4-7-15;1-10(2,3)8(12)7-9(13)11(4,5)6;/h2-8,10-13H,1H3;8-9,12-13H,7H2,1-6H3;/q-1;;. The van der Waals surface area contributed by atoms with Crippen molar-refractivity contribution in [2.24, 2.45) is 10.8 Å². The normalized spacial score (nSPS) is 13.2. The van der Waals surface area contributed by atoms with Crippen molar-refractivity contribution < 1.29 is 30.3 Å². The summed E-state index contributed by atoms with van der Waals surface area (Å²) in [6.07, 6.45) is 1.45. The quantitative estimate of drug-likeness (QED) is 0.317. The molecule has 0 bridgehead atoms. The molecule has 2 unspecified atom stereocenters. The molecule has 3 aromatic rings. The van der Waals surface area contributed by atoms with Gasteiger partial charge >= 0.3 is 0 Å². The first kappa shape index (κ1) is 29.2. The van der Waals surface area contributed by atoms with Crippen LogP contribution in [0.2, 0.25) is 0 Å². The van der Waals surface area contributed by atoms with E-state index in [9.17, 15) is 10.2 Å². The Balaban J connectivity index is 0.000000346. The molecule has 1 aromatic heterocycles. The molecular formula is C29H38IrNO2-. The molecule has 0 saturated carbocycles. The van der Waals surface area contributed by atoms with Crippen molar-refractivity contribution in [3.05, 3.63) is 78.5 Å². The SMILES string of the molecule is CC(C)(C)C(O)CC(O)C(C)(C)C.Cc1ccc(-c2[c-]ccc(-c3ccccc3)c2)nc1.[Ir]. The number of aliphatic hydroxyl groups is 2. The van der Waals surface area contributed by atoms with Gasteiger partial charge in [-0.2, -0.15) is 0 Å². The van der Waals surface area contributed by atoms with E-state index in [1.807, 2.05) is 72.9 Å². The fourth-order valence-electron chi connectivity index (χ4n) is 2.97. The number of rotatable bonds is 4. The van der Waals surface area contributed by atoms with Crippen LogP contribution in [-0.4, -0.2) is 27.4 Å². The van der Waals surface area contributed by atoms with E-state index in [2.05, 4.69) is 53.5 Å². The average molecular weight is 625 g/mol.